The Morgan fingerprint density at radius 2 is 1.92 bits per heavy atom. The van der Waals surface area contributed by atoms with Crippen LogP contribution in [-0.4, -0.2) is 68.1 Å². The molecule has 0 fully saturated rings. The van der Waals surface area contributed by atoms with Crippen molar-refractivity contribution in [2.75, 3.05) is 13.2 Å². The molecule has 0 amide bonds. The van der Waals surface area contributed by atoms with Gasteiger partial charge in [-0.15, -0.1) is 0 Å². The second-order valence-corrected chi connectivity index (χ2v) is 4.59. The highest BCUT2D eigenvalue weighted by Gasteiger charge is 2.31. The number of nitrogens with zero attached hydrogens (tertiary/aromatic N) is 1. The Morgan fingerprint density at radius 1 is 1.25 bits per heavy atom. The summed E-state index contributed by atoms with van der Waals surface area (Å²) < 4.78 is 9.93. The van der Waals surface area contributed by atoms with Crippen LogP contribution in [0, 0.1) is 10.1 Å². The zero-order valence-corrected chi connectivity index (χ0v) is 12.3. The zero-order valence-electron chi connectivity index (χ0n) is 12.3. The minimum atomic E-state index is -1.91. The van der Waals surface area contributed by atoms with Crippen molar-refractivity contribution >= 4 is 11.7 Å². The fraction of sp³-hybridized carbons (Fsp3) is 0.462. The number of carboxylic acids is 1. The Morgan fingerprint density at radius 3 is 2.38 bits per heavy atom. The molecule has 0 aliphatic rings. The first kappa shape index (κ1) is 19.7. The summed E-state index contributed by atoms with van der Waals surface area (Å²) >= 11 is 0. The van der Waals surface area contributed by atoms with Crippen molar-refractivity contribution in [2.45, 2.75) is 25.1 Å². The molecule has 5 N–H and O–H groups in total. The third-order valence-electron chi connectivity index (χ3n) is 2.89. The monoisotopic (exact) mass is 347 g/mol. The molecule has 134 valence electrons. The highest BCUT2D eigenvalue weighted by Crippen LogP contribution is 2.29. The first-order valence-electron chi connectivity index (χ1n) is 6.66. The topological polar surface area (TPSA) is 180 Å². The largest absolute Gasteiger partial charge is 0.479 e. The number of rotatable bonds is 10. The van der Waals surface area contributed by atoms with Crippen LogP contribution in [-0.2, 0) is 16.1 Å². The smallest absolute Gasteiger partial charge is 0.335 e. The van der Waals surface area contributed by atoms with E-state index >= 15 is 0 Å². The lowest BCUT2D eigenvalue weighted by Gasteiger charge is -2.24. The number of nitro groups is 1. The Bertz CT molecular complexity index is 578. The molecule has 0 heterocycles. The van der Waals surface area contributed by atoms with Crippen molar-refractivity contribution in [1.29, 1.82) is 0 Å². The van der Waals surface area contributed by atoms with Gasteiger partial charge >= 0.3 is 11.7 Å². The van der Waals surface area contributed by atoms with Crippen molar-refractivity contribution < 1.29 is 44.7 Å². The maximum atomic E-state index is 11.0. The van der Waals surface area contributed by atoms with Crippen molar-refractivity contribution in [3.05, 3.63) is 33.9 Å². The van der Waals surface area contributed by atoms with E-state index in [0.717, 1.165) is 12.1 Å². The molecule has 0 saturated carbocycles. The van der Waals surface area contributed by atoms with Crippen molar-refractivity contribution in [3.63, 3.8) is 0 Å². The van der Waals surface area contributed by atoms with Gasteiger partial charge in [0.25, 0.3) is 0 Å². The molecule has 24 heavy (non-hydrogen) atoms. The van der Waals surface area contributed by atoms with E-state index in [4.69, 9.17) is 24.8 Å². The van der Waals surface area contributed by atoms with Gasteiger partial charge in [0, 0.05) is 6.07 Å². The number of benzene rings is 1. The van der Waals surface area contributed by atoms with Gasteiger partial charge in [-0.2, -0.15) is 0 Å². The summed E-state index contributed by atoms with van der Waals surface area (Å²) in [7, 11) is 0. The van der Waals surface area contributed by atoms with E-state index in [1.807, 2.05) is 0 Å². The van der Waals surface area contributed by atoms with Crippen LogP contribution >= 0.6 is 0 Å². The molecule has 1 aromatic rings. The lowest BCUT2D eigenvalue weighted by Crippen LogP contribution is -2.43. The molecule has 3 atom stereocenters. The van der Waals surface area contributed by atoms with E-state index in [-0.39, 0.29) is 11.3 Å². The molecule has 1 rings (SSSR count). The summed E-state index contributed by atoms with van der Waals surface area (Å²) in [6.45, 7) is -2.23. The van der Waals surface area contributed by atoms with Crippen LogP contribution < -0.4 is 4.74 Å². The van der Waals surface area contributed by atoms with E-state index < -0.39 is 54.9 Å². The number of aliphatic hydroxyl groups excluding tert-OH is 4. The predicted octanol–water partition coefficient (Wildman–Crippen LogP) is -1.39. The number of aliphatic carboxylic acids is 1. The summed E-state index contributed by atoms with van der Waals surface area (Å²) in [6, 6.07) is 3.52. The quantitative estimate of drug-likeness (QED) is 0.192. The fourth-order valence-corrected chi connectivity index (χ4v) is 1.73. The molecule has 11 heteroatoms. The van der Waals surface area contributed by atoms with Gasteiger partial charge in [0.15, 0.2) is 11.9 Å². The van der Waals surface area contributed by atoms with Gasteiger partial charge in [-0.25, -0.2) is 4.79 Å². The molecular formula is C13H17NO10. The van der Waals surface area contributed by atoms with Gasteiger partial charge in [-0.1, -0.05) is 6.07 Å². The maximum Gasteiger partial charge on any atom is 0.335 e. The lowest BCUT2D eigenvalue weighted by atomic mass is 10.2. The molecule has 0 bridgehead atoms. The van der Waals surface area contributed by atoms with Crippen molar-refractivity contribution in [2.24, 2.45) is 0 Å². The summed E-state index contributed by atoms with van der Waals surface area (Å²) in [4.78, 5) is 21.2. The van der Waals surface area contributed by atoms with Gasteiger partial charge in [-0.05, 0) is 11.6 Å². The number of carbonyl (C=O) groups is 1. The standard InChI is InChI=1S/C13H17NO10/c15-4-7-1-2-10(8(3-7)14(21)22)23-11(6-17)24-12(13(19)20)9(18)5-16/h1-3,9,11-12,15-18H,4-6H2,(H,19,20)/t9-,11+,12?/m0/s1. The van der Waals surface area contributed by atoms with Gasteiger partial charge in [0.2, 0.25) is 6.29 Å². The van der Waals surface area contributed by atoms with E-state index in [1.54, 1.807) is 0 Å². The summed E-state index contributed by atoms with van der Waals surface area (Å²) in [5.41, 5.74) is -0.284. The number of hydrogen-bond donors (Lipinski definition) is 5. The number of hydrogen-bond acceptors (Lipinski definition) is 9. The molecular weight excluding hydrogens is 330 g/mol. The van der Waals surface area contributed by atoms with Crippen LogP contribution in [0.5, 0.6) is 5.75 Å². The number of ether oxygens (including phenoxy) is 2. The van der Waals surface area contributed by atoms with Gasteiger partial charge in [-0.3, -0.25) is 10.1 Å². The lowest BCUT2D eigenvalue weighted by molar-refractivity contribution is -0.386. The Hall–Kier alpha value is -2.31. The highest BCUT2D eigenvalue weighted by atomic mass is 16.7. The average Bonchev–Trinajstić information content (AvgIpc) is 2.57. The molecule has 0 spiro atoms. The molecule has 0 aromatic heterocycles. The molecule has 1 unspecified atom stereocenters. The van der Waals surface area contributed by atoms with Gasteiger partial charge in [0.05, 0.1) is 18.1 Å². The van der Waals surface area contributed by atoms with Crippen LogP contribution in [0.3, 0.4) is 0 Å². The summed E-state index contributed by atoms with van der Waals surface area (Å²) in [6.07, 6.45) is -5.35. The molecule has 0 aliphatic carbocycles. The first-order valence-corrected chi connectivity index (χ1v) is 6.66. The Balaban J connectivity index is 2.99. The molecule has 0 radical (unpaired) electrons. The fourth-order valence-electron chi connectivity index (χ4n) is 1.73. The highest BCUT2D eigenvalue weighted by molar-refractivity contribution is 5.73. The van der Waals surface area contributed by atoms with Crippen LogP contribution in [0.25, 0.3) is 0 Å². The second-order valence-electron chi connectivity index (χ2n) is 4.59. The van der Waals surface area contributed by atoms with Crippen LogP contribution in [0.2, 0.25) is 0 Å². The molecule has 0 aliphatic heterocycles. The van der Waals surface area contributed by atoms with E-state index in [9.17, 15) is 25.1 Å². The molecule has 0 saturated heterocycles. The normalized spacial score (nSPS) is 14.7. The second kappa shape index (κ2) is 9.10. The summed E-state index contributed by atoms with van der Waals surface area (Å²) in [5, 5.41) is 56.3. The minimum absolute atomic E-state index is 0.245. The number of carboxylic acid groups (broad SMARTS) is 1. The zero-order chi connectivity index (χ0) is 18.3. The third kappa shape index (κ3) is 5.11. The average molecular weight is 347 g/mol. The van der Waals surface area contributed by atoms with E-state index in [1.165, 1.54) is 6.07 Å². The SMILES string of the molecule is O=C(O)C(O[C@H](CO)Oc1ccc(CO)cc1[N+](=O)[O-])[C@@H](O)CO. The molecule has 1 aromatic carbocycles. The van der Waals surface area contributed by atoms with Crippen molar-refractivity contribution in [1.82, 2.24) is 0 Å². The van der Waals surface area contributed by atoms with E-state index in [2.05, 4.69) is 0 Å². The van der Waals surface area contributed by atoms with E-state index in [0.29, 0.717) is 0 Å². The van der Waals surface area contributed by atoms with Gasteiger partial charge in [0.1, 0.15) is 12.7 Å². The maximum absolute atomic E-state index is 11.0. The van der Waals surface area contributed by atoms with Gasteiger partial charge < -0.3 is 35.0 Å². The Kier molecular flexibility index (Phi) is 7.48. The number of aliphatic hydroxyl groups is 4. The predicted molar refractivity (Wildman–Crippen MR) is 76.1 cm³/mol. The number of nitro benzene ring substituents is 1. The first-order chi connectivity index (χ1) is 11.3. The van der Waals surface area contributed by atoms with Crippen molar-refractivity contribution in [3.8, 4) is 5.75 Å². The summed E-state index contributed by atoms with van der Waals surface area (Å²) in [5.74, 6) is -1.96. The van der Waals surface area contributed by atoms with Crippen LogP contribution in [0.15, 0.2) is 18.2 Å². The van der Waals surface area contributed by atoms with Crippen LogP contribution in [0.4, 0.5) is 5.69 Å². The minimum Gasteiger partial charge on any atom is -0.479 e. The Labute approximate surface area is 135 Å². The third-order valence-corrected chi connectivity index (χ3v) is 2.89. The molecule has 11 nitrogen and oxygen atoms in total. The van der Waals surface area contributed by atoms with Crippen LogP contribution in [0.1, 0.15) is 5.56 Å².